The van der Waals surface area contributed by atoms with Crippen molar-refractivity contribution in [1.29, 1.82) is 0 Å². The topological polar surface area (TPSA) is 580 Å². The van der Waals surface area contributed by atoms with Gasteiger partial charge in [-0.15, -0.1) is 0 Å². The number of rotatable bonds is 22. The average molecular weight is 1720 g/mol. The molecule has 23 atom stereocenters. The van der Waals surface area contributed by atoms with E-state index in [-0.39, 0.29) is 84.4 Å². The number of nitrogen functional groups attached to an aromatic ring is 4. The monoisotopic (exact) mass is 1720 g/mol. The largest absolute Gasteiger partial charge is 0.472 e. The lowest BCUT2D eigenvalue weighted by Crippen LogP contribution is -2.45. The van der Waals surface area contributed by atoms with Crippen LogP contribution in [0.2, 0.25) is 0 Å². The number of anilines is 4. The summed E-state index contributed by atoms with van der Waals surface area (Å²) in [4.78, 5) is 126. The fourth-order valence-electron chi connectivity index (χ4n) is 15.7. The fourth-order valence-corrected chi connectivity index (χ4v) is 18.3. The third kappa shape index (κ3) is 16.2. The Hall–Kier alpha value is -6.48. The zero-order valence-corrected chi connectivity index (χ0v) is 69.3. The average Bonchev–Trinajstić information content (AvgIpc) is 1.58. The van der Waals surface area contributed by atoms with E-state index in [4.69, 9.17) is 131 Å². The molecule has 6 aromatic rings. The van der Waals surface area contributed by atoms with E-state index in [1.54, 1.807) is 66.0 Å². The predicted molar refractivity (Wildman–Crippen MR) is 408 cm³/mol. The minimum Gasteiger partial charge on any atom is -0.383 e. The summed E-state index contributed by atoms with van der Waals surface area (Å²) in [5.41, 5.74) is 18.7. The van der Waals surface area contributed by atoms with Gasteiger partial charge in [-0.05, 0) is 77.0 Å². The van der Waals surface area contributed by atoms with Gasteiger partial charge in [0.25, 0.3) is 11.1 Å². The second kappa shape index (κ2) is 33.6. The van der Waals surface area contributed by atoms with E-state index in [0.29, 0.717) is 61.3 Å². The molecule has 16 rings (SSSR count). The SMILES string of the molecule is CC[C@]12CO[C@@H](C1OC)[C@H](n1cc(C)c(=O)[nH]c1=O)O2.CC[C@]12CO[C@@H](C1OP(=O)(O)OC)[C@H](n1cc(C)c(N)nc1=O)O2.CC[C@]12CO[C@@H](C1OP(O)(=S)OC)[C@H](n1cc(C)c(N)nc1=O)O2.CC[C@]12CO[C@@H](C1OP(O)(=S)OC)[C@H](n1cnc3c(=O)[nH]c(N)nc31)O2.COC[C@]12CO[C@@H](C1OC)[C@H](n1cc(C)c(N)nc1=O)O2. The summed E-state index contributed by atoms with van der Waals surface area (Å²) in [5, 5.41) is 0. The summed E-state index contributed by atoms with van der Waals surface area (Å²) >= 11 is 9.93. The molecule has 0 aliphatic carbocycles. The first-order chi connectivity index (χ1) is 54.3. The molecular weight excluding hydrogens is 1630 g/mol. The van der Waals surface area contributed by atoms with Crippen LogP contribution in [0.25, 0.3) is 11.2 Å². The molecule has 8 unspecified atom stereocenters. The number of H-pyrrole nitrogens is 2. The molecule has 10 saturated heterocycles. The molecule has 6 aromatic heterocycles. The third-order valence-electron chi connectivity index (χ3n) is 22.1. The number of aryl methyl sites for hydroxylation is 4. The van der Waals surface area contributed by atoms with E-state index in [2.05, 4.69) is 39.4 Å². The van der Waals surface area contributed by atoms with Gasteiger partial charge < -0.3 is 108 Å². The number of aromatic amines is 2. The highest BCUT2D eigenvalue weighted by Gasteiger charge is 2.68. The number of hydrogen-bond donors (Lipinski definition) is 9. The molecule has 0 saturated carbocycles. The number of phosphoric ester groups is 1. The maximum atomic E-state index is 12.2. The summed E-state index contributed by atoms with van der Waals surface area (Å²) < 4.78 is 125. The molecule has 115 heavy (non-hydrogen) atoms. The molecule has 16 heterocycles. The number of nitrogens with two attached hydrogens (primary N) is 4. The van der Waals surface area contributed by atoms with Crippen LogP contribution >= 0.6 is 21.3 Å². The van der Waals surface area contributed by atoms with Crippen molar-refractivity contribution < 1.29 is 108 Å². The van der Waals surface area contributed by atoms with Gasteiger partial charge in [0.05, 0.1) is 46.0 Å². The van der Waals surface area contributed by atoms with E-state index < -0.39 is 145 Å². The van der Waals surface area contributed by atoms with Crippen LogP contribution in [0, 0.1) is 27.7 Å². The number of nitrogens with zero attached hydrogens (tertiary/aromatic N) is 10. The zero-order valence-electron chi connectivity index (χ0n) is 65.0. The van der Waals surface area contributed by atoms with Crippen molar-refractivity contribution in [2.75, 3.05) is 105 Å². The maximum Gasteiger partial charge on any atom is 0.472 e. The van der Waals surface area contributed by atoms with Crippen molar-refractivity contribution in [3.8, 4) is 0 Å². The van der Waals surface area contributed by atoms with E-state index in [0.717, 1.165) is 13.5 Å². The molecule has 636 valence electrons. The van der Waals surface area contributed by atoms with E-state index >= 15 is 0 Å². The van der Waals surface area contributed by atoms with Gasteiger partial charge in [-0.25, -0.2) is 28.7 Å². The molecule has 0 spiro atoms. The van der Waals surface area contributed by atoms with Gasteiger partial charge in [0.15, 0.2) is 42.3 Å². The van der Waals surface area contributed by atoms with Crippen LogP contribution < -0.4 is 56.8 Å². The van der Waals surface area contributed by atoms with Crippen molar-refractivity contribution in [1.82, 2.24) is 57.7 Å². The molecule has 10 aliphatic heterocycles. The van der Waals surface area contributed by atoms with Gasteiger partial charge in [-0.1, -0.05) is 27.7 Å². The minimum absolute atomic E-state index is 0.0310. The van der Waals surface area contributed by atoms with Crippen molar-refractivity contribution in [2.45, 2.75) is 201 Å². The van der Waals surface area contributed by atoms with Crippen molar-refractivity contribution in [3.63, 3.8) is 0 Å². The lowest BCUT2D eigenvalue weighted by Gasteiger charge is -2.31. The van der Waals surface area contributed by atoms with Crippen LogP contribution in [-0.2, 0) is 117 Å². The lowest BCUT2D eigenvalue weighted by molar-refractivity contribution is -0.191. The number of phosphoric acid groups is 1. The van der Waals surface area contributed by atoms with Crippen LogP contribution in [0.4, 0.5) is 23.4 Å². The molecule has 0 aromatic carbocycles. The summed E-state index contributed by atoms with van der Waals surface area (Å²) in [6, 6.07) is 0. The van der Waals surface area contributed by atoms with Crippen LogP contribution in [0.15, 0.2) is 59.9 Å². The van der Waals surface area contributed by atoms with Crippen LogP contribution in [0.1, 0.15) is 107 Å². The first-order valence-electron chi connectivity index (χ1n) is 36.1. The third-order valence-corrected chi connectivity index (χ3v) is 26.4. The standard InChI is InChI=1S/C13H18N5O6PS.C13H20N3O7P.C13H20N3O6PS.C13H19N3O5.C13H18N2O5/c1-3-13-4-22-7(8(13)24-25(20,26)21-2)11(23-13)18-5-15-6-9(18)16-12(14)17-10(6)19;1-4-13-6-21-8(9(13)23-24(18,19)20-3)11(22-13)16-5-7(2)10(14)15-12(16)17;1-4-13-6-20-8(9(13)22-23(18,24)19-3)11(21-13)16-5-7(2)10(14)15-12(16)17;1-7-4-16(12(17)15-10(7)14)11-8-9(19-3)13(21-11,5-18-2)6-20-8;1-4-13-6-19-8(9(13)18-3)11(20-13)15-5-7(2)10(16)14-12(15)17/h5,7-8,11H,3-4H2,1-2H3,(H,20,26)(H3,14,16,17,19);5,8-9,11H,4,6H2,1-3H3,(H,18,19)(H2,14,15,17);5,8-9,11H,4,6H2,1-3H3,(H,18,24)(H2,14,15,17);4,8-9,11H,5-6H2,1-3H3,(H2,14,15,17);5,8-9,11H,4,6H2,1-3H3,(H,14,16,17)/t7-,8?,11+,13-,25?;8-,9?,11+,13-;8-,9?,11+,13-,23?;2*8-,9?,11+,13-/m00000/s1. The first kappa shape index (κ1) is 87.8. The molecule has 50 heteroatoms. The number of ether oxygens (including phenoxy) is 13. The van der Waals surface area contributed by atoms with E-state index in [1.807, 2.05) is 27.7 Å². The fraction of sp³-hybridized carbons (Fsp3) is 0.677. The molecule has 10 fully saturated rings. The molecule has 13 N–H and O–H groups in total. The zero-order chi connectivity index (χ0) is 83.8. The number of hydrogen-bond acceptors (Lipinski definition) is 37. The Morgan fingerprint density at radius 1 is 0.470 bits per heavy atom. The number of aromatic nitrogens is 12. The molecule has 10 bridgehead atoms. The van der Waals surface area contributed by atoms with Crippen LogP contribution in [0.3, 0.4) is 0 Å². The number of fused-ring (bicyclic) bond motifs is 11. The maximum absolute atomic E-state index is 12.2. The number of imidazole rings is 1. The van der Waals surface area contributed by atoms with Gasteiger partial charge in [-0.2, -0.15) is 19.9 Å². The number of methoxy groups -OCH3 is 3. The van der Waals surface area contributed by atoms with Gasteiger partial charge >= 0.3 is 44.0 Å². The van der Waals surface area contributed by atoms with Crippen molar-refractivity contribution in [3.05, 3.63) is 116 Å². The molecule has 45 nitrogen and oxygen atoms in total. The lowest BCUT2D eigenvalue weighted by atomic mass is 9.96. The van der Waals surface area contributed by atoms with Gasteiger partial charge in [0.2, 0.25) is 5.95 Å². The first-order valence-corrected chi connectivity index (χ1v) is 42.8. The van der Waals surface area contributed by atoms with Gasteiger partial charge in [0, 0.05) is 89.7 Å². The summed E-state index contributed by atoms with van der Waals surface area (Å²) in [7, 11) is 4.21. The Morgan fingerprint density at radius 3 is 1.17 bits per heavy atom. The smallest absolute Gasteiger partial charge is 0.383 e. The number of nitrogens with one attached hydrogen (secondary N) is 2. The molecule has 0 amide bonds. The van der Waals surface area contributed by atoms with E-state index in [1.165, 1.54) is 51.2 Å². The van der Waals surface area contributed by atoms with Gasteiger partial charge in [0.1, 0.15) is 106 Å². The molecular formula is C65H95N16O29P3S2. The summed E-state index contributed by atoms with van der Waals surface area (Å²) in [6.45, 7) is 9.64. The van der Waals surface area contributed by atoms with E-state index in [9.17, 15) is 48.0 Å². The highest BCUT2D eigenvalue weighted by Crippen LogP contribution is 2.59. The predicted octanol–water partition coefficient (Wildman–Crippen LogP) is 0.226. The Kier molecular flexibility index (Phi) is 25.7. The Bertz CT molecular complexity index is 5030. The Balaban J connectivity index is 0.000000133. The minimum atomic E-state index is -4.24. The highest BCUT2D eigenvalue weighted by atomic mass is 32.5. The van der Waals surface area contributed by atoms with Gasteiger partial charge in [-0.3, -0.25) is 60.5 Å². The molecule has 0 radical (unpaired) electrons. The molecule has 10 aliphatic rings. The second-order valence-corrected chi connectivity index (χ2v) is 36.0. The van der Waals surface area contributed by atoms with Crippen LogP contribution in [-0.4, -0.2) is 244 Å². The summed E-state index contributed by atoms with van der Waals surface area (Å²) in [5.74, 6) is 0.493. The normalized spacial score (nSPS) is 34.3. The highest BCUT2D eigenvalue weighted by molar-refractivity contribution is 8.07. The Labute approximate surface area is 664 Å². The Morgan fingerprint density at radius 2 is 0.809 bits per heavy atom. The second-order valence-electron chi connectivity index (χ2n) is 28.7. The van der Waals surface area contributed by atoms with Crippen molar-refractivity contribution >= 4 is 79.4 Å². The van der Waals surface area contributed by atoms with Crippen molar-refractivity contribution in [2.24, 2.45) is 0 Å². The summed E-state index contributed by atoms with van der Waals surface area (Å²) in [6.07, 6.45) is 1.26. The quantitative estimate of drug-likeness (QED) is 0.0411. The van der Waals surface area contributed by atoms with Crippen LogP contribution in [0.5, 0.6) is 0 Å².